The molecule has 0 amide bonds. The summed E-state index contributed by atoms with van der Waals surface area (Å²) in [6, 6.07) is 0.527. The summed E-state index contributed by atoms with van der Waals surface area (Å²) in [5.74, 6) is -0.167. The molecule has 0 radical (unpaired) electrons. The molecule has 2 N–H and O–H groups in total. The van der Waals surface area contributed by atoms with Crippen LogP contribution in [0, 0.1) is 13.8 Å². The number of aryl methyl sites for hydroxylation is 2. The molecule has 7 heteroatoms. The molecule has 5 atom stereocenters. The lowest BCUT2D eigenvalue weighted by atomic mass is 9.90. The number of methoxy groups -OCH3 is 1. The van der Waals surface area contributed by atoms with Gasteiger partial charge in [0.25, 0.3) is 0 Å². The van der Waals surface area contributed by atoms with E-state index in [0.717, 1.165) is 13.2 Å². The first kappa shape index (κ1) is 13.6. The van der Waals surface area contributed by atoms with Crippen LogP contribution in [-0.4, -0.2) is 45.7 Å². The summed E-state index contributed by atoms with van der Waals surface area (Å²) in [7, 11) is 1.12. The molecule has 1 unspecified atom stereocenters. The zero-order valence-corrected chi connectivity index (χ0v) is 17.3. The summed E-state index contributed by atoms with van der Waals surface area (Å²) >= 11 is 0.346. The van der Waals surface area contributed by atoms with Gasteiger partial charge in [-0.1, -0.05) is 13.8 Å². The molecule has 6 nitrogen and oxygen atoms in total. The van der Waals surface area contributed by atoms with Gasteiger partial charge in [-0.15, -0.1) is 11.8 Å². The normalized spacial score (nSPS) is 45.2. The Balaban J connectivity index is 2.28. The van der Waals surface area contributed by atoms with E-state index in [9.17, 15) is 15.0 Å². The molecule has 0 bridgehead atoms. The third-order valence-electron chi connectivity index (χ3n) is 5.14. The average molecular weight is 416 g/mol. The van der Waals surface area contributed by atoms with Crippen LogP contribution in [0.15, 0.2) is 21.3 Å². The number of thioether (sulfide) groups is 1. The van der Waals surface area contributed by atoms with Gasteiger partial charge in [0.2, 0.25) is 0 Å². The van der Waals surface area contributed by atoms with Gasteiger partial charge in [-0.3, -0.25) is 0 Å². The van der Waals surface area contributed by atoms with E-state index in [-0.39, 0.29) is 22.3 Å². The highest BCUT2D eigenvalue weighted by molar-refractivity contribution is 8.00. The lowest BCUT2D eigenvalue weighted by Crippen LogP contribution is -2.61. The van der Waals surface area contributed by atoms with Gasteiger partial charge in [-0.25, -0.2) is 4.79 Å². The molecule has 2 heterocycles. The van der Waals surface area contributed by atoms with E-state index in [0.29, 0.717) is 22.9 Å². The number of rotatable bonds is 4. The second kappa shape index (κ2) is 7.71. The van der Waals surface area contributed by atoms with Crippen LogP contribution >= 0.6 is 11.8 Å². The molecule has 0 spiro atoms. The van der Waals surface area contributed by atoms with Crippen LogP contribution in [0.1, 0.15) is 47.1 Å². The Hall–Kier alpha value is -1.54. The minimum Gasteiger partial charge on any atom is -0.477 e. The molecule has 1 saturated heterocycles. The largest absolute Gasteiger partial charge is 0.477 e. The van der Waals surface area contributed by atoms with E-state index in [1.807, 2.05) is 0 Å². The van der Waals surface area contributed by atoms with Crippen molar-refractivity contribution in [2.45, 2.75) is 69.4 Å². The van der Waals surface area contributed by atoms with Crippen LogP contribution in [0.2, 0.25) is 0 Å². The monoisotopic (exact) mass is 415 g/mol. The molecule has 3 rings (SSSR count). The SMILES string of the molecule is [2H]c1c(C([2H])([2H])C)c2c(C)c(C)c(O[C@]3([2H])SC([2H])(C)[C@@](C)(OC)[C@]([2H])(O)[C@@]3([2H])O)cc2oc1=O. The van der Waals surface area contributed by atoms with E-state index in [1.54, 1.807) is 13.8 Å². The summed E-state index contributed by atoms with van der Waals surface area (Å²) in [4.78, 5) is 12.3. The lowest BCUT2D eigenvalue weighted by Gasteiger charge is -2.47. The number of hydrogen-bond acceptors (Lipinski definition) is 7. The van der Waals surface area contributed by atoms with Crippen molar-refractivity contribution in [1.82, 2.24) is 0 Å². The summed E-state index contributed by atoms with van der Waals surface area (Å²) in [6.07, 6.45) is -8.61. The lowest BCUT2D eigenvalue weighted by molar-refractivity contribution is -0.150. The first-order valence-electron chi connectivity index (χ1n) is 12.1. The minimum absolute atomic E-state index is 0.153. The van der Waals surface area contributed by atoms with Crippen molar-refractivity contribution in [1.29, 1.82) is 0 Å². The first-order chi connectivity index (χ1) is 15.6. The molecule has 1 aliphatic heterocycles. The number of hydrogen-bond donors (Lipinski definition) is 2. The molecule has 1 aromatic heterocycles. The molecular weight excluding hydrogens is 380 g/mol. The van der Waals surface area contributed by atoms with Gasteiger partial charge in [0, 0.05) is 33.9 Å². The molecule has 154 valence electrons. The molecule has 28 heavy (non-hydrogen) atoms. The van der Waals surface area contributed by atoms with Crippen LogP contribution in [0.5, 0.6) is 5.75 Å². The van der Waals surface area contributed by atoms with Crippen molar-refractivity contribution in [3.8, 4) is 5.75 Å². The molecular formula is C21H28O6S. The fourth-order valence-corrected chi connectivity index (χ4v) is 3.99. The molecule has 0 aliphatic carbocycles. The molecule has 0 saturated carbocycles. The Morgan fingerprint density at radius 2 is 2.11 bits per heavy atom. The highest BCUT2D eigenvalue weighted by Gasteiger charge is 2.52. The Morgan fingerprint density at radius 1 is 1.43 bits per heavy atom. The van der Waals surface area contributed by atoms with Crippen LogP contribution < -0.4 is 10.4 Å². The average Bonchev–Trinajstić information content (AvgIpc) is 2.70. The van der Waals surface area contributed by atoms with E-state index >= 15 is 0 Å². The fraction of sp³-hybridized carbons (Fsp3) is 0.571. The van der Waals surface area contributed by atoms with E-state index in [1.165, 1.54) is 20.8 Å². The van der Waals surface area contributed by atoms with Gasteiger partial charge < -0.3 is 24.1 Å². The zero-order chi connectivity index (χ0) is 27.2. The number of aliphatic hydroxyl groups is 2. The van der Waals surface area contributed by atoms with Crippen LogP contribution in [-0.2, 0) is 11.1 Å². The van der Waals surface area contributed by atoms with Crippen molar-refractivity contribution in [2.75, 3.05) is 7.11 Å². The maximum absolute atomic E-state index is 12.3. The Kier molecular flexibility index (Phi) is 3.75. The van der Waals surface area contributed by atoms with Gasteiger partial charge in [0.1, 0.15) is 29.1 Å². The van der Waals surface area contributed by atoms with Crippen LogP contribution in [0.4, 0.5) is 0 Å². The second-order valence-electron chi connectivity index (χ2n) is 6.62. The van der Waals surface area contributed by atoms with Gasteiger partial charge >= 0.3 is 5.63 Å². The van der Waals surface area contributed by atoms with Gasteiger partial charge in [0.05, 0.1) is 5.48 Å². The summed E-state index contributed by atoms with van der Waals surface area (Å²) < 4.78 is 74.6. The van der Waals surface area contributed by atoms with Crippen molar-refractivity contribution in [3.63, 3.8) is 0 Å². The standard InChI is InChI=1S/C21H28O6S/c1-7-13-8-16(22)26-15-9-14(10(2)11(3)17(13)15)27-20-18(23)19(24)21(5,25-6)12(4)28-20/h8-9,12,18-20,23-24H,7H2,1-6H3/t12?,18-,19-,20-,21-/m1/s1/i7D2,8D,12D,18D,19D,20D. The van der Waals surface area contributed by atoms with Crippen molar-refractivity contribution >= 4 is 22.7 Å². The second-order valence-corrected chi connectivity index (χ2v) is 7.81. The number of fused-ring (bicyclic) bond motifs is 1. The Labute approximate surface area is 178 Å². The van der Waals surface area contributed by atoms with Crippen molar-refractivity contribution < 1.29 is 33.7 Å². The Morgan fingerprint density at radius 3 is 2.71 bits per heavy atom. The van der Waals surface area contributed by atoms with Gasteiger partial charge in [-0.05, 0) is 43.8 Å². The zero-order valence-electron chi connectivity index (χ0n) is 23.5. The Bertz CT molecular complexity index is 1260. The maximum atomic E-state index is 12.3. The van der Waals surface area contributed by atoms with Gasteiger partial charge in [-0.2, -0.15) is 0 Å². The van der Waals surface area contributed by atoms with Crippen LogP contribution in [0.3, 0.4) is 0 Å². The minimum atomic E-state index is -3.34. The predicted octanol–water partition coefficient (Wildman–Crippen LogP) is 2.94. The third-order valence-corrected chi connectivity index (χ3v) is 6.30. The quantitative estimate of drug-likeness (QED) is 0.742. The smallest absolute Gasteiger partial charge is 0.336 e. The molecule has 2 aromatic rings. The molecule has 1 aromatic carbocycles. The highest BCUT2D eigenvalue weighted by atomic mass is 32.2. The molecule has 1 fully saturated rings. The van der Waals surface area contributed by atoms with Crippen molar-refractivity contribution in [3.05, 3.63) is 39.2 Å². The van der Waals surface area contributed by atoms with E-state index < -0.39 is 46.4 Å². The maximum Gasteiger partial charge on any atom is 0.336 e. The van der Waals surface area contributed by atoms with Crippen molar-refractivity contribution in [2.24, 2.45) is 0 Å². The topological polar surface area (TPSA) is 89.1 Å². The molecule has 1 aliphatic rings. The predicted molar refractivity (Wildman–Crippen MR) is 110 cm³/mol. The van der Waals surface area contributed by atoms with E-state index in [2.05, 4.69) is 0 Å². The number of benzene rings is 1. The summed E-state index contributed by atoms with van der Waals surface area (Å²) in [5.41, 5.74) is -5.71. The summed E-state index contributed by atoms with van der Waals surface area (Å²) in [6.45, 7) is 6.74. The number of ether oxygens (including phenoxy) is 2. The third kappa shape index (κ3) is 3.34. The fourth-order valence-electron chi connectivity index (χ4n) is 3.01. The first-order valence-corrected chi connectivity index (χ1v) is 9.38. The van der Waals surface area contributed by atoms with E-state index in [4.69, 9.17) is 23.5 Å². The summed E-state index contributed by atoms with van der Waals surface area (Å²) in [5, 5.41) is 20.1. The highest BCUT2D eigenvalue weighted by Crippen LogP contribution is 2.42. The van der Waals surface area contributed by atoms with Gasteiger partial charge in [0.15, 0.2) is 5.41 Å². The van der Waals surface area contributed by atoms with Crippen LogP contribution in [0.25, 0.3) is 11.0 Å².